The van der Waals surface area contributed by atoms with Crippen LogP contribution in [0.1, 0.15) is 51.9 Å². The van der Waals surface area contributed by atoms with Gasteiger partial charge in [-0.1, -0.05) is 13.3 Å². The van der Waals surface area contributed by atoms with Gasteiger partial charge in [0, 0.05) is 24.4 Å². The lowest BCUT2D eigenvalue weighted by Crippen LogP contribution is -2.35. The molecule has 0 radical (unpaired) electrons. The van der Waals surface area contributed by atoms with Crippen molar-refractivity contribution in [2.45, 2.75) is 59.5 Å². The molecule has 0 aromatic carbocycles. The van der Waals surface area contributed by atoms with Crippen molar-refractivity contribution in [3.05, 3.63) is 23.5 Å². The molecule has 1 rings (SSSR count). The standard InChI is InChI=1S/C17H30N2O2/c1-6-7-10-20-11-12-21-16-9-8-14(2)19-15(16)13-18-17(3,4)5/h8-9,18H,6-7,10-13H2,1-5H3. The van der Waals surface area contributed by atoms with Crippen LogP contribution in [0.5, 0.6) is 5.75 Å². The quantitative estimate of drug-likeness (QED) is 0.708. The van der Waals surface area contributed by atoms with E-state index in [0.717, 1.165) is 36.6 Å². The van der Waals surface area contributed by atoms with Crippen LogP contribution in [-0.2, 0) is 11.3 Å². The van der Waals surface area contributed by atoms with E-state index >= 15 is 0 Å². The zero-order chi connectivity index (χ0) is 15.7. The number of hydrogen-bond acceptors (Lipinski definition) is 4. The molecule has 120 valence electrons. The summed E-state index contributed by atoms with van der Waals surface area (Å²) in [5.74, 6) is 0.844. The number of unbranched alkanes of at least 4 members (excludes halogenated alkanes) is 1. The minimum absolute atomic E-state index is 0.0615. The first-order valence-corrected chi connectivity index (χ1v) is 7.84. The van der Waals surface area contributed by atoms with Crippen LogP contribution in [0.3, 0.4) is 0 Å². The lowest BCUT2D eigenvalue weighted by atomic mass is 10.1. The maximum absolute atomic E-state index is 5.81. The molecule has 4 nitrogen and oxygen atoms in total. The van der Waals surface area contributed by atoms with Crippen LogP contribution in [0.2, 0.25) is 0 Å². The van der Waals surface area contributed by atoms with Crippen LogP contribution in [-0.4, -0.2) is 30.3 Å². The first-order chi connectivity index (χ1) is 9.92. The molecule has 0 amide bonds. The normalized spacial score (nSPS) is 11.7. The summed E-state index contributed by atoms with van der Waals surface area (Å²) in [4.78, 5) is 4.58. The van der Waals surface area contributed by atoms with E-state index in [9.17, 15) is 0 Å². The summed E-state index contributed by atoms with van der Waals surface area (Å²) in [6, 6.07) is 3.97. The number of nitrogens with zero attached hydrogens (tertiary/aromatic N) is 1. The highest BCUT2D eigenvalue weighted by atomic mass is 16.5. The van der Waals surface area contributed by atoms with Crippen LogP contribution in [0, 0.1) is 6.92 Å². The molecule has 1 aromatic rings. The number of rotatable bonds is 9. The Morgan fingerprint density at radius 2 is 1.90 bits per heavy atom. The monoisotopic (exact) mass is 294 g/mol. The molecule has 1 N–H and O–H groups in total. The zero-order valence-electron chi connectivity index (χ0n) is 14.2. The summed E-state index contributed by atoms with van der Waals surface area (Å²) >= 11 is 0. The Kier molecular flexibility index (Phi) is 7.68. The molecule has 1 heterocycles. The molecule has 21 heavy (non-hydrogen) atoms. The zero-order valence-corrected chi connectivity index (χ0v) is 14.2. The van der Waals surface area contributed by atoms with Gasteiger partial charge in [0.1, 0.15) is 12.4 Å². The fourth-order valence-corrected chi connectivity index (χ4v) is 1.76. The maximum Gasteiger partial charge on any atom is 0.142 e. The predicted molar refractivity (Wildman–Crippen MR) is 86.8 cm³/mol. The molecular weight excluding hydrogens is 264 g/mol. The number of ether oxygens (including phenoxy) is 2. The van der Waals surface area contributed by atoms with E-state index in [4.69, 9.17) is 9.47 Å². The van der Waals surface area contributed by atoms with Gasteiger partial charge in [0.25, 0.3) is 0 Å². The maximum atomic E-state index is 5.81. The van der Waals surface area contributed by atoms with Gasteiger partial charge in [-0.05, 0) is 46.2 Å². The van der Waals surface area contributed by atoms with Gasteiger partial charge < -0.3 is 14.8 Å². The van der Waals surface area contributed by atoms with E-state index in [1.165, 1.54) is 0 Å². The van der Waals surface area contributed by atoms with Gasteiger partial charge in [0.05, 0.1) is 12.3 Å². The van der Waals surface area contributed by atoms with Crippen LogP contribution in [0.15, 0.2) is 12.1 Å². The number of nitrogens with one attached hydrogen (secondary N) is 1. The Morgan fingerprint density at radius 1 is 1.14 bits per heavy atom. The third-order valence-corrected chi connectivity index (χ3v) is 2.99. The summed E-state index contributed by atoms with van der Waals surface area (Å²) in [6.45, 7) is 13.3. The van der Waals surface area contributed by atoms with Gasteiger partial charge in [-0.3, -0.25) is 4.98 Å². The Bertz CT molecular complexity index is 414. The van der Waals surface area contributed by atoms with E-state index in [1.54, 1.807) is 0 Å². The third-order valence-electron chi connectivity index (χ3n) is 2.99. The fraction of sp³-hybridized carbons (Fsp3) is 0.706. The minimum Gasteiger partial charge on any atom is -0.489 e. The van der Waals surface area contributed by atoms with Crippen LogP contribution in [0.25, 0.3) is 0 Å². The van der Waals surface area contributed by atoms with E-state index in [-0.39, 0.29) is 5.54 Å². The van der Waals surface area contributed by atoms with Crippen molar-refractivity contribution in [3.63, 3.8) is 0 Å². The second-order valence-corrected chi connectivity index (χ2v) is 6.32. The molecule has 0 saturated heterocycles. The number of hydrogen-bond donors (Lipinski definition) is 1. The molecule has 0 atom stereocenters. The van der Waals surface area contributed by atoms with Crippen molar-refractivity contribution in [2.24, 2.45) is 0 Å². The Hall–Kier alpha value is -1.13. The first kappa shape index (κ1) is 17.9. The van der Waals surface area contributed by atoms with Crippen molar-refractivity contribution in [1.82, 2.24) is 10.3 Å². The van der Waals surface area contributed by atoms with Crippen LogP contribution < -0.4 is 10.1 Å². The SMILES string of the molecule is CCCCOCCOc1ccc(C)nc1CNC(C)(C)C. The minimum atomic E-state index is 0.0615. The van der Waals surface area contributed by atoms with Crippen LogP contribution in [0.4, 0.5) is 0 Å². The van der Waals surface area contributed by atoms with E-state index in [0.29, 0.717) is 19.8 Å². The Balaban J connectivity index is 2.48. The highest BCUT2D eigenvalue weighted by Gasteiger charge is 2.12. The van der Waals surface area contributed by atoms with Crippen molar-refractivity contribution in [3.8, 4) is 5.75 Å². The highest BCUT2D eigenvalue weighted by molar-refractivity contribution is 5.29. The molecule has 0 bridgehead atoms. The van der Waals surface area contributed by atoms with Gasteiger partial charge >= 0.3 is 0 Å². The smallest absolute Gasteiger partial charge is 0.142 e. The summed E-state index contributed by atoms with van der Waals surface area (Å²) in [6.07, 6.45) is 2.26. The molecule has 0 aliphatic heterocycles. The highest BCUT2D eigenvalue weighted by Crippen LogP contribution is 2.17. The fourth-order valence-electron chi connectivity index (χ4n) is 1.76. The van der Waals surface area contributed by atoms with E-state index in [2.05, 4.69) is 38.0 Å². The summed E-state index contributed by atoms with van der Waals surface area (Å²) < 4.78 is 11.3. The largest absolute Gasteiger partial charge is 0.489 e. The van der Waals surface area contributed by atoms with Crippen molar-refractivity contribution >= 4 is 0 Å². The van der Waals surface area contributed by atoms with E-state index < -0.39 is 0 Å². The molecule has 4 heteroatoms. The lowest BCUT2D eigenvalue weighted by molar-refractivity contribution is 0.0974. The molecule has 0 aliphatic carbocycles. The Morgan fingerprint density at radius 3 is 2.57 bits per heavy atom. The second-order valence-electron chi connectivity index (χ2n) is 6.32. The Labute approximate surface area is 129 Å². The van der Waals surface area contributed by atoms with Gasteiger partial charge in [-0.25, -0.2) is 0 Å². The summed E-state index contributed by atoms with van der Waals surface area (Å²) in [5.41, 5.74) is 2.03. The number of aromatic nitrogens is 1. The first-order valence-electron chi connectivity index (χ1n) is 7.84. The predicted octanol–water partition coefficient (Wildman–Crippen LogP) is 3.47. The van der Waals surface area contributed by atoms with Crippen molar-refractivity contribution < 1.29 is 9.47 Å². The van der Waals surface area contributed by atoms with Gasteiger partial charge in [-0.15, -0.1) is 0 Å². The van der Waals surface area contributed by atoms with E-state index in [1.807, 2.05) is 19.1 Å². The molecule has 1 aromatic heterocycles. The average Bonchev–Trinajstić information content (AvgIpc) is 2.41. The molecular formula is C17H30N2O2. The third kappa shape index (κ3) is 8.02. The number of aryl methyl sites for hydroxylation is 1. The molecule has 0 spiro atoms. The molecule has 0 saturated carbocycles. The number of pyridine rings is 1. The molecule has 0 unspecified atom stereocenters. The van der Waals surface area contributed by atoms with Crippen molar-refractivity contribution in [1.29, 1.82) is 0 Å². The lowest BCUT2D eigenvalue weighted by Gasteiger charge is -2.21. The van der Waals surface area contributed by atoms with Gasteiger partial charge in [0.2, 0.25) is 0 Å². The summed E-state index contributed by atoms with van der Waals surface area (Å²) in [7, 11) is 0. The topological polar surface area (TPSA) is 43.4 Å². The van der Waals surface area contributed by atoms with Crippen molar-refractivity contribution in [2.75, 3.05) is 19.8 Å². The second kappa shape index (κ2) is 9.00. The van der Waals surface area contributed by atoms with Gasteiger partial charge in [-0.2, -0.15) is 0 Å². The average molecular weight is 294 g/mol. The van der Waals surface area contributed by atoms with Crippen LogP contribution >= 0.6 is 0 Å². The summed E-state index contributed by atoms with van der Waals surface area (Å²) in [5, 5.41) is 3.45. The molecule has 0 aliphatic rings. The molecule has 0 fully saturated rings. The van der Waals surface area contributed by atoms with Gasteiger partial charge in [0.15, 0.2) is 0 Å².